The molecule has 0 spiro atoms. The molecule has 1 amide bonds. The van der Waals surface area contributed by atoms with Gasteiger partial charge < -0.3 is 15.0 Å². The van der Waals surface area contributed by atoms with Crippen molar-refractivity contribution < 1.29 is 9.90 Å². The van der Waals surface area contributed by atoms with Gasteiger partial charge in [0.1, 0.15) is 11.9 Å². The number of aliphatic hydroxyl groups is 1. The van der Waals surface area contributed by atoms with E-state index >= 15 is 0 Å². The summed E-state index contributed by atoms with van der Waals surface area (Å²) in [6, 6.07) is 7.59. The van der Waals surface area contributed by atoms with Crippen LogP contribution >= 0.6 is 0 Å². The van der Waals surface area contributed by atoms with Gasteiger partial charge in [0.15, 0.2) is 0 Å². The van der Waals surface area contributed by atoms with Crippen LogP contribution in [0.5, 0.6) is 0 Å². The fraction of sp³-hybridized carbons (Fsp3) is 0.444. The highest BCUT2D eigenvalue weighted by atomic mass is 16.3. The van der Waals surface area contributed by atoms with Gasteiger partial charge in [-0.15, -0.1) is 0 Å². The summed E-state index contributed by atoms with van der Waals surface area (Å²) in [6.45, 7) is 4.50. The van der Waals surface area contributed by atoms with E-state index in [0.717, 1.165) is 22.6 Å². The van der Waals surface area contributed by atoms with Crippen molar-refractivity contribution in [3.05, 3.63) is 53.1 Å². The Morgan fingerprint density at radius 2 is 1.92 bits per heavy atom. The lowest BCUT2D eigenvalue weighted by Gasteiger charge is -2.30. The van der Waals surface area contributed by atoms with Crippen molar-refractivity contribution >= 4 is 5.91 Å². The molecule has 1 unspecified atom stereocenters. The van der Waals surface area contributed by atoms with E-state index in [2.05, 4.69) is 9.97 Å². The number of carbonyl (C=O) groups excluding carboxylic acids is 1. The molecule has 1 heterocycles. The number of likely N-dealkylation sites (N-methyl/N-ethyl adjacent to an activating group) is 1. The van der Waals surface area contributed by atoms with Crippen molar-refractivity contribution in [2.24, 2.45) is 0 Å². The van der Waals surface area contributed by atoms with Crippen LogP contribution in [-0.2, 0) is 11.3 Å². The molecule has 6 nitrogen and oxygen atoms in total. The van der Waals surface area contributed by atoms with Crippen LogP contribution in [0.4, 0.5) is 0 Å². The number of nitrogens with zero attached hydrogens (tertiary/aromatic N) is 3. The number of benzene rings is 1. The van der Waals surface area contributed by atoms with Crippen molar-refractivity contribution in [3.63, 3.8) is 0 Å². The first kappa shape index (κ1) is 18.2. The number of H-pyrrole nitrogens is 1. The summed E-state index contributed by atoms with van der Waals surface area (Å²) in [7, 11) is 3.78. The lowest BCUT2D eigenvalue weighted by atomic mass is 10.0. The number of aliphatic hydroxyl groups excluding tert-OH is 1. The number of aromatic nitrogens is 2. The predicted octanol–water partition coefficient (Wildman–Crippen LogP) is 1.65. The van der Waals surface area contributed by atoms with Crippen LogP contribution in [0.25, 0.3) is 0 Å². The van der Waals surface area contributed by atoms with E-state index in [9.17, 15) is 9.90 Å². The van der Waals surface area contributed by atoms with Crippen molar-refractivity contribution in [1.29, 1.82) is 0 Å². The molecule has 0 aliphatic carbocycles. The highest BCUT2D eigenvalue weighted by Gasteiger charge is 2.28. The van der Waals surface area contributed by atoms with E-state index in [-0.39, 0.29) is 25.1 Å². The molecule has 130 valence electrons. The minimum Gasteiger partial charge on any atom is -0.395 e. The maximum atomic E-state index is 13.1. The molecule has 0 aliphatic rings. The van der Waals surface area contributed by atoms with Crippen LogP contribution in [0.15, 0.2) is 30.5 Å². The molecule has 0 radical (unpaired) electrons. The number of rotatable bonds is 7. The Hall–Kier alpha value is -2.18. The summed E-state index contributed by atoms with van der Waals surface area (Å²) < 4.78 is 0. The summed E-state index contributed by atoms with van der Waals surface area (Å²) in [4.78, 5) is 24.0. The normalized spacial score (nSPS) is 12.4. The summed E-state index contributed by atoms with van der Waals surface area (Å²) >= 11 is 0. The first-order chi connectivity index (χ1) is 11.4. The molecule has 2 rings (SSSR count). The maximum Gasteiger partial charge on any atom is 0.244 e. The Balaban J connectivity index is 2.25. The van der Waals surface area contributed by atoms with Gasteiger partial charge in [0, 0.05) is 6.54 Å². The number of imidazole rings is 1. The predicted molar refractivity (Wildman–Crippen MR) is 93.4 cm³/mol. The molecule has 0 saturated heterocycles. The number of amides is 1. The fourth-order valence-corrected chi connectivity index (χ4v) is 2.73. The van der Waals surface area contributed by atoms with Crippen molar-refractivity contribution in [2.75, 3.05) is 27.2 Å². The zero-order valence-corrected chi connectivity index (χ0v) is 14.8. The Morgan fingerprint density at radius 3 is 2.42 bits per heavy atom. The van der Waals surface area contributed by atoms with Gasteiger partial charge >= 0.3 is 0 Å². The minimum atomic E-state index is -0.388. The molecule has 0 bridgehead atoms. The average molecular weight is 330 g/mol. The highest BCUT2D eigenvalue weighted by Crippen LogP contribution is 2.22. The van der Waals surface area contributed by atoms with E-state index in [1.807, 2.05) is 57.1 Å². The third kappa shape index (κ3) is 4.43. The Bertz CT molecular complexity index is 664. The van der Waals surface area contributed by atoms with Gasteiger partial charge in [-0.05, 0) is 33.5 Å². The van der Waals surface area contributed by atoms with Crippen LogP contribution in [0, 0.1) is 13.8 Å². The number of aromatic amines is 1. The summed E-state index contributed by atoms with van der Waals surface area (Å²) in [5.41, 5.74) is 2.96. The van der Waals surface area contributed by atoms with Crippen LogP contribution in [0.3, 0.4) is 0 Å². The monoisotopic (exact) mass is 330 g/mol. The van der Waals surface area contributed by atoms with Crippen LogP contribution in [0.2, 0.25) is 0 Å². The van der Waals surface area contributed by atoms with E-state index in [1.54, 1.807) is 11.1 Å². The van der Waals surface area contributed by atoms with Gasteiger partial charge in [-0.1, -0.05) is 29.8 Å². The molecule has 0 aliphatic heterocycles. The first-order valence-electron chi connectivity index (χ1n) is 8.05. The Labute approximate surface area is 143 Å². The second-order valence-corrected chi connectivity index (χ2v) is 6.25. The topological polar surface area (TPSA) is 72.5 Å². The molecular formula is C18H26N4O2. The standard InChI is InChI=1S/C18H26N4O2/c1-13-5-7-15(8-6-13)17(21(3)4)18(24)22(9-10-23)12-16-11-19-14(2)20-16/h5-8,11,17,23H,9-10,12H2,1-4H3,(H,19,20). The molecular weight excluding hydrogens is 304 g/mol. The quantitative estimate of drug-likeness (QED) is 0.810. The van der Waals surface area contributed by atoms with Gasteiger partial charge in [0.2, 0.25) is 5.91 Å². The molecule has 6 heteroatoms. The highest BCUT2D eigenvalue weighted by molar-refractivity contribution is 5.83. The Kier molecular flexibility index (Phi) is 6.11. The van der Waals surface area contributed by atoms with E-state index < -0.39 is 0 Å². The number of hydrogen-bond donors (Lipinski definition) is 2. The zero-order valence-electron chi connectivity index (χ0n) is 14.8. The van der Waals surface area contributed by atoms with Gasteiger partial charge in [0.25, 0.3) is 0 Å². The van der Waals surface area contributed by atoms with Crippen LogP contribution in [0.1, 0.15) is 28.7 Å². The van der Waals surface area contributed by atoms with Gasteiger partial charge in [-0.2, -0.15) is 0 Å². The van der Waals surface area contributed by atoms with Gasteiger partial charge in [-0.25, -0.2) is 4.98 Å². The van der Waals surface area contributed by atoms with Crippen molar-refractivity contribution in [1.82, 2.24) is 19.8 Å². The number of carbonyl (C=O) groups is 1. The number of nitrogens with one attached hydrogen (secondary N) is 1. The summed E-state index contributed by atoms with van der Waals surface area (Å²) in [5.74, 6) is 0.772. The second kappa shape index (κ2) is 8.08. The van der Waals surface area contributed by atoms with Gasteiger partial charge in [-0.3, -0.25) is 9.69 Å². The number of hydrogen-bond acceptors (Lipinski definition) is 4. The minimum absolute atomic E-state index is 0.0369. The van der Waals surface area contributed by atoms with Crippen molar-refractivity contribution in [3.8, 4) is 0 Å². The zero-order chi connectivity index (χ0) is 17.7. The van der Waals surface area contributed by atoms with Crippen LogP contribution < -0.4 is 0 Å². The first-order valence-corrected chi connectivity index (χ1v) is 8.05. The molecule has 0 fully saturated rings. The third-order valence-electron chi connectivity index (χ3n) is 3.94. The average Bonchev–Trinajstić information content (AvgIpc) is 2.94. The van der Waals surface area contributed by atoms with E-state index in [1.165, 1.54) is 0 Å². The molecule has 0 saturated carbocycles. The second-order valence-electron chi connectivity index (χ2n) is 6.25. The number of aryl methyl sites for hydroxylation is 2. The lowest BCUT2D eigenvalue weighted by molar-refractivity contribution is -0.137. The third-order valence-corrected chi connectivity index (χ3v) is 3.94. The van der Waals surface area contributed by atoms with E-state index in [0.29, 0.717) is 6.54 Å². The smallest absolute Gasteiger partial charge is 0.244 e. The molecule has 2 N–H and O–H groups in total. The molecule has 1 aromatic carbocycles. The molecule has 1 aromatic heterocycles. The molecule has 2 aromatic rings. The maximum absolute atomic E-state index is 13.1. The van der Waals surface area contributed by atoms with Crippen molar-refractivity contribution in [2.45, 2.75) is 26.4 Å². The Morgan fingerprint density at radius 1 is 1.25 bits per heavy atom. The summed E-state index contributed by atoms with van der Waals surface area (Å²) in [6.07, 6.45) is 1.73. The van der Waals surface area contributed by atoms with Gasteiger partial charge in [0.05, 0.1) is 25.0 Å². The van der Waals surface area contributed by atoms with Crippen LogP contribution in [-0.4, -0.2) is 58.0 Å². The fourth-order valence-electron chi connectivity index (χ4n) is 2.73. The lowest BCUT2D eigenvalue weighted by Crippen LogP contribution is -2.41. The molecule has 1 atom stereocenters. The molecule has 24 heavy (non-hydrogen) atoms. The summed E-state index contributed by atoms with van der Waals surface area (Å²) in [5, 5.41) is 9.36. The SMILES string of the molecule is Cc1ccc(C(C(=O)N(CCO)Cc2cnc(C)[nH]2)N(C)C)cc1. The van der Waals surface area contributed by atoms with E-state index in [4.69, 9.17) is 0 Å². The largest absolute Gasteiger partial charge is 0.395 e.